The fourth-order valence-corrected chi connectivity index (χ4v) is 2.56. The lowest BCUT2D eigenvalue weighted by molar-refractivity contribution is 0.0389. The minimum atomic E-state index is 0. The number of morpholine rings is 1. The molecule has 1 aliphatic heterocycles. The fraction of sp³-hybridized carbons (Fsp3) is 0.667. The summed E-state index contributed by atoms with van der Waals surface area (Å²) >= 11 is 0. The lowest BCUT2D eigenvalue weighted by Gasteiger charge is -2.26. The van der Waals surface area contributed by atoms with Gasteiger partial charge < -0.3 is 20.1 Å². The first-order valence-electron chi connectivity index (χ1n) is 9.14. The van der Waals surface area contributed by atoms with E-state index in [2.05, 4.69) is 32.4 Å². The Morgan fingerprint density at radius 1 is 1.35 bits per heavy atom. The molecule has 7 nitrogen and oxygen atoms in total. The van der Waals surface area contributed by atoms with E-state index >= 15 is 0 Å². The van der Waals surface area contributed by atoms with Crippen molar-refractivity contribution in [3.63, 3.8) is 0 Å². The first kappa shape index (κ1) is 22.9. The molecule has 2 heterocycles. The third-order valence-corrected chi connectivity index (χ3v) is 4.08. The second-order valence-electron chi connectivity index (χ2n) is 5.98. The number of guanidine groups is 1. The summed E-state index contributed by atoms with van der Waals surface area (Å²) in [6.45, 7) is 8.98. The van der Waals surface area contributed by atoms with Crippen LogP contribution in [0.3, 0.4) is 0 Å². The normalized spacial score (nSPS) is 15.2. The number of hydrogen-bond acceptors (Lipinski definition) is 5. The average molecular weight is 477 g/mol. The Labute approximate surface area is 174 Å². The van der Waals surface area contributed by atoms with Crippen molar-refractivity contribution in [2.24, 2.45) is 4.99 Å². The number of pyridine rings is 1. The van der Waals surface area contributed by atoms with E-state index in [9.17, 15) is 0 Å². The van der Waals surface area contributed by atoms with E-state index in [4.69, 9.17) is 9.47 Å². The highest BCUT2D eigenvalue weighted by Gasteiger charge is 2.10. The van der Waals surface area contributed by atoms with Crippen molar-refractivity contribution in [3.05, 3.63) is 23.9 Å². The third kappa shape index (κ3) is 8.50. The molecule has 0 amide bonds. The predicted molar refractivity (Wildman–Crippen MR) is 116 cm³/mol. The van der Waals surface area contributed by atoms with Gasteiger partial charge in [-0.25, -0.2) is 4.98 Å². The second-order valence-corrected chi connectivity index (χ2v) is 5.98. The molecule has 0 unspecified atom stereocenters. The van der Waals surface area contributed by atoms with Gasteiger partial charge in [-0.15, -0.1) is 24.0 Å². The van der Waals surface area contributed by atoms with Crippen molar-refractivity contribution in [2.75, 3.05) is 53.0 Å². The molecule has 1 aromatic heterocycles. The number of unbranched alkanes of at least 4 members (excludes halogenated alkanes) is 1. The van der Waals surface area contributed by atoms with Gasteiger partial charge in [0.15, 0.2) is 5.96 Å². The van der Waals surface area contributed by atoms with Gasteiger partial charge in [0.1, 0.15) is 0 Å². The van der Waals surface area contributed by atoms with Gasteiger partial charge >= 0.3 is 0 Å². The molecule has 2 N–H and O–H groups in total. The Morgan fingerprint density at radius 3 is 2.88 bits per heavy atom. The van der Waals surface area contributed by atoms with Gasteiger partial charge in [0.2, 0.25) is 5.88 Å². The molecule has 8 heteroatoms. The molecule has 0 atom stereocenters. The van der Waals surface area contributed by atoms with Crippen molar-refractivity contribution in [2.45, 2.75) is 26.3 Å². The summed E-state index contributed by atoms with van der Waals surface area (Å²) in [6.07, 6.45) is 3.91. The predicted octanol–water partition coefficient (Wildman–Crippen LogP) is 1.88. The number of ether oxygens (including phenoxy) is 2. The average Bonchev–Trinajstić information content (AvgIpc) is 2.66. The highest BCUT2D eigenvalue weighted by molar-refractivity contribution is 14.0. The first-order chi connectivity index (χ1) is 12.3. The molecular formula is C18H32IN5O2. The quantitative estimate of drug-likeness (QED) is 0.245. The molecule has 1 saturated heterocycles. The number of aromatic nitrogens is 1. The second kappa shape index (κ2) is 14.0. The van der Waals surface area contributed by atoms with Crippen LogP contribution in [-0.2, 0) is 11.3 Å². The SMILES string of the molecule is CCCCOc1ncccc1CNC(=NC)NCCN1CCOCC1.I. The third-order valence-electron chi connectivity index (χ3n) is 4.08. The summed E-state index contributed by atoms with van der Waals surface area (Å²) in [7, 11) is 1.78. The molecule has 1 fully saturated rings. The number of hydrogen-bond donors (Lipinski definition) is 2. The van der Waals surface area contributed by atoms with E-state index in [0.29, 0.717) is 19.0 Å². The van der Waals surface area contributed by atoms with Crippen molar-refractivity contribution in [1.29, 1.82) is 0 Å². The lowest BCUT2D eigenvalue weighted by atomic mass is 10.2. The summed E-state index contributed by atoms with van der Waals surface area (Å²) < 4.78 is 11.1. The monoisotopic (exact) mass is 477 g/mol. The largest absolute Gasteiger partial charge is 0.477 e. The molecule has 0 saturated carbocycles. The van der Waals surface area contributed by atoms with E-state index < -0.39 is 0 Å². The van der Waals surface area contributed by atoms with Crippen molar-refractivity contribution < 1.29 is 9.47 Å². The van der Waals surface area contributed by atoms with Gasteiger partial charge in [-0.3, -0.25) is 9.89 Å². The van der Waals surface area contributed by atoms with E-state index in [-0.39, 0.29) is 24.0 Å². The fourth-order valence-electron chi connectivity index (χ4n) is 2.56. The Bertz CT molecular complexity index is 524. The van der Waals surface area contributed by atoms with Crippen LogP contribution in [0.5, 0.6) is 5.88 Å². The highest BCUT2D eigenvalue weighted by atomic mass is 127. The summed E-state index contributed by atoms with van der Waals surface area (Å²) in [4.78, 5) is 11.0. The molecule has 2 rings (SSSR count). The van der Waals surface area contributed by atoms with Crippen molar-refractivity contribution in [1.82, 2.24) is 20.5 Å². The zero-order valence-corrected chi connectivity index (χ0v) is 18.2. The summed E-state index contributed by atoms with van der Waals surface area (Å²) in [6, 6.07) is 3.96. The van der Waals surface area contributed by atoms with Crippen LogP contribution in [0.2, 0.25) is 0 Å². The molecule has 0 aliphatic carbocycles. The number of aliphatic imine (C=N–C) groups is 1. The number of nitrogens with zero attached hydrogens (tertiary/aromatic N) is 3. The van der Waals surface area contributed by atoms with Crippen LogP contribution >= 0.6 is 24.0 Å². The zero-order valence-electron chi connectivity index (χ0n) is 15.9. The van der Waals surface area contributed by atoms with Crippen molar-refractivity contribution in [3.8, 4) is 5.88 Å². The standard InChI is InChI=1S/C18H31N5O2.HI/c1-3-4-12-25-17-16(6-5-7-20-17)15-22-18(19-2)21-8-9-23-10-13-24-14-11-23;/h5-7H,3-4,8-15H2,1-2H3,(H2,19,21,22);1H. The molecule has 1 aromatic rings. The highest BCUT2D eigenvalue weighted by Crippen LogP contribution is 2.14. The Morgan fingerprint density at radius 2 is 2.15 bits per heavy atom. The van der Waals surface area contributed by atoms with E-state index in [1.54, 1.807) is 13.2 Å². The van der Waals surface area contributed by atoms with Crippen molar-refractivity contribution >= 4 is 29.9 Å². The van der Waals surface area contributed by atoms with Gasteiger partial charge in [0.25, 0.3) is 0 Å². The molecule has 0 radical (unpaired) electrons. The van der Waals surface area contributed by atoms with Gasteiger partial charge in [0.05, 0.1) is 19.8 Å². The Kier molecular flexibility index (Phi) is 12.3. The molecule has 148 valence electrons. The first-order valence-corrected chi connectivity index (χ1v) is 9.14. The summed E-state index contributed by atoms with van der Waals surface area (Å²) in [5, 5.41) is 6.68. The summed E-state index contributed by atoms with van der Waals surface area (Å²) in [5.41, 5.74) is 1.04. The van der Waals surface area contributed by atoms with E-state index in [1.807, 2.05) is 12.1 Å². The molecule has 0 spiro atoms. The number of nitrogens with one attached hydrogen (secondary N) is 2. The molecule has 0 bridgehead atoms. The topological polar surface area (TPSA) is 71.0 Å². The molecular weight excluding hydrogens is 445 g/mol. The van der Waals surface area contributed by atoms with Crippen LogP contribution in [0.25, 0.3) is 0 Å². The maximum Gasteiger partial charge on any atom is 0.218 e. The summed E-state index contributed by atoms with van der Waals surface area (Å²) in [5.74, 6) is 1.49. The van der Waals surface area contributed by atoms with Crippen LogP contribution in [0, 0.1) is 0 Å². The molecule has 1 aliphatic rings. The Hall–Kier alpha value is -1.13. The maximum absolute atomic E-state index is 5.77. The van der Waals surface area contributed by atoms with Crippen LogP contribution < -0.4 is 15.4 Å². The minimum absolute atomic E-state index is 0. The van der Waals surface area contributed by atoms with Crippen LogP contribution in [0.15, 0.2) is 23.3 Å². The maximum atomic E-state index is 5.77. The number of rotatable bonds is 9. The zero-order chi connectivity index (χ0) is 17.7. The van der Waals surface area contributed by atoms with Gasteiger partial charge in [-0.05, 0) is 12.5 Å². The van der Waals surface area contributed by atoms with Gasteiger partial charge in [0, 0.05) is 51.5 Å². The number of halogens is 1. The minimum Gasteiger partial charge on any atom is -0.477 e. The Balaban J connectivity index is 0.00000338. The van der Waals surface area contributed by atoms with E-state index in [1.165, 1.54) is 0 Å². The lowest BCUT2D eigenvalue weighted by Crippen LogP contribution is -2.44. The van der Waals surface area contributed by atoms with Crippen LogP contribution in [0.4, 0.5) is 0 Å². The van der Waals surface area contributed by atoms with E-state index in [0.717, 1.165) is 63.8 Å². The molecule has 0 aromatic carbocycles. The molecule has 26 heavy (non-hydrogen) atoms. The van der Waals surface area contributed by atoms with Gasteiger partial charge in [-0.2, -0.15) is 0 Å². The smallest absolute Gasteiger partial charge is 0.218 e. The van der Waals surface area contributed by atoms with Crippen LogP contribution in [0.1, 0.15) is 25.3 Å². The van der Waals surface area contributed by atoms with Gasteiger partial charge in [-0.1, -0.05) is 19.4 Å². The van der Waals surface area contributed by atoms with Crippen LogP contribution in [-0.4, -0.2) is 68.9 Å².